The summed E-state index contributed by atoms with van der Waals surface area (Å²) in [6.07, 6.45) is 2.35. The summed E-state index contributed by atoms with van der Waals surface area (Å²) in [5, 5.41) is 4.40. The largest absolute Gasteiger partial charge is 0.382 e. The minimum absolute atomic E-state index is 0.546. The van der Waals surface area contributed by atoms with Crippen LogP contribution in [-0.2, 0) is 0 Å². The van der Waals surface area contributed by atoms with E-state index >= 15 is 0 Å². The molecule has 1 aliphatic carbocycles. The van der Waals surface area contributed by atoms with Crippen LogP contribution < -0.4 is 5.32 Å². The van der Waals surface area contributed by atoms with Crippen molar-refractivity contribution in [3.8, 4) is 0 Å². The molecule has 0 amide bonds. The molecular formula is C17H17BrClN. The fourth-order valence-corrected chi connectivity index (χ4v) is 3.55. The van der Waals surface area contributed by atoms with E-state index in [2.05, 4.69) is 58.5 Å². The summed E-state index contributed by atoms with van der Waals surface area (Å²) in [7, 11) is 0. The van der Waals surface area contributed by atoms with Crippen LogP contribution in [0.5, 0.6) is 0 Å². The van der Waals surface area contributed by atoms with Gasteiger partial charge in [-0.2, -0.15) is 0 Å². The second kappa shape index (κ2) is 5.79. The van der Waals surface area contributed by atoms with Crippen molar-refractivity contribution < 1.29 is 0 Å². The van der Waals surface area contributed by atoms with Gasteiger partial charge >= 0.3 is 0 Å². The lowest BCUT2D eigenvalue weighted by molar-refractivity contribution is 0.373. The van der Waals surface area contributed by atoms with Crippen molar-refractivity contribution >= 4 is 33.2 Å². The lowest BCUT2D eigenvalue weighted by atomic mass is 9.76. The SMILES string of the molecule is Cc1ccc(Cl)cc1NC1CC(c2ccccc2Br)C1. The number of nitrogens with one attached hydrogen (secondary N) is 1. The summed E-state index contributed by atoms with van der Waals surface area (Å²) >= 11 is 9.70. The van der Waals surface area contributed by atoms with E-state index in [0.29, 0.717) is 12.0 Å². The fourth-order valence-electron chi connectivity index (χ4n) is 2.77. The predicted octanol–water partition coefficient (Wildman–Crippen LogP) is 5.77. The zero-order valence-corrected chi connectivity index (χ0v) is 13.7. The maximum atomic E-state index is 6.06. The third-order valence-electron chi connectivity index (χ3n) is 4.04. The average molecular weight is 351 g/mol. The fraction of sp³-hybridized carbons (Fsp3) is 0.294. The topological polar surface area (TPSA) is 12.0 Å². The Labute approximate surface area is 133 Å². The zero-order valence-electron chi connectivity index (χ0n) is 11.4. The number of halogens is 2. The number of anilines is 1. The standard InChI is InChI=1S/C17H17BrClN/c1-11-6-7-13(19)10-17(11)20-14-8-12(9-14)15-4-2-3-5-16(15)18/h2-7,10,12,14,20H,8-9H2,1H3. The Bertz CT molecular complexity index is 620. The van der Waals surface area contributed by atoms with Crippen molar-refractivity contribution in [3.05, 3.63) is 63.1 Å². The summed E-state index contributed by atoms with van der Waals surface area (Å²) < 4.78 is 1.22. The minimum Gasteiger partial charge on any atom is -0.382 e. The maximum Gasteiger partial charge on any atom is 0.0426 e. The van der Waals surface area contributed by atoms with E-state index in [4.69, 9.17) is 11.6 Å². The first-order valence-corrected chi connectivity index (χ1v) is 8.07. The highest BCUT2D eigenvalue weighted by atomic mass is 79.9. The van der Waals surface area contributed by atoms with Crippen molar-refractivity contribution in [2.75, 3.05) is 5.32 Å². The number of benzene rings is 2. The molecule has 0 radical (unpaired) electrons. The molecule has 3 rings (SSSR count). The van der Waals surface area contributed by atoms with Gasteiger partial charge in [-0.25, -0.2) is 0 Å². The van der Waals surface area contributed by atoms with Gasteiger partial charge in [-0.1, -0.05) is 51.8 Å². The maximum absolute atomic E-state index is 6.06. The van der Waals surface area contributed by atoms with Crippen LogP contribution >= 0.6 is 27.5 Å². The molecule has 0 atom stereocenters. The van der Waals surface area contributed by atoms with Crippen LogP contribution in [0.3, 0.4) is 0 Å². The number of rotatable bonds is 3. The van der Waals surface area contributed by atoms with Crippen LogP contribution in [0.15, 0.2) is 46.9 Å². The molecule has 1 saturated carbocycles. The van der Waals surface area contributed by atoms with Gasteiger partial charge in [-0.05, 0) is 55.0 Å². The summed E-state index contributed by atoms with van der Waals surface area (Å²) in [5.41, 5.74) is 3.83. The molecule has 104 valence electrons. The van der Waals surface area contributed by atoms with Crippen molar-refractivity contribution in [3.63, 3.8) is 0 Å². The Balaban J connectivity index is 1.64. The first-order valence-electron chi connectivity index (χ1n) is 6.90. The third-order valence-corrected chi connectivity index (χ3v) is 5.00. The highest BCUT2D eigenvalue weighted by Gasteiger charge is 2.31. The second-order valence-electron chi connectivity index (χ2n) is 5.49. The molecule has 0 aromatic heterocycles. The van der Waals surface area contributed by atoms with Gasteiger partial charge in [-0.3, -0.25) is 0 Å². The van der Waals surface area contributed by atoms with Gasteiger partial charge in [0.25, 0.3) is 0 Å². The quantitative estimate of drug-likeness (QED) is 0.741. The van der Waals surface area contributed by atoms with Crippen molar-refractivity contribution in [1.29, 1.82) is 0 Å². The van der Waals surface area contributed by atoms with Crippen LogP contribution in [0.4, 0.5) is 5.69 Å². The molecule has 1 nitrogen and oxygen atoms in total. The van der Waals surface area contributed by atoms with Crippen LogP contribution in [0.25, 0.3) is 0 Å². The van der Waals surface area contributed by atoms with E-state index in [0.717, 1.165) is 10.7 Å². The van der Waals surface area contributed by atoms with Gasteiger partial charge < -0.3 is 5.32 Å². The Morgan fingerprint density at radius 3 is 2.65 bits per heavy atom. The number of aryl methyl sites for hydroxylation is 1. The van der Waals surface area contributed by atoms with Gasteiger partial charge in [0.15, 0.2) is 0 Å². The highest BCUT2D eigenvalue weighted by molar-refractivity contribution is 9.10. The Morgan fingerprint density at radius 1 is 1.15 bits per heavy atom. The van der Waals surface area contributed by atoms with Gasteiger partial charge in [-0.15, -0.1) is 0 Å². The minimum atomic E-state index is 0.546. The lowest BCUT2D eigenvalue weighted by Gasteiger charge is -2.37. The summed E-state index contributed by atoms with van der Waals surface area (Å²) in [6, 6.07) is 15.1. The molecule has 0 spiro atoms. The third kappa shape index (κ3) is 2.87. The Kier molecular flexibility index (Phi) is 4.04. The average Bonchev–Trinajstić information content (AvgIpc) is 2.38. The van der Waals surface area contributed by atoms with Crippen LogP contribution in [0.2, 0.25) is 5.02 Å². The molecule has 3 heteroatoms. The molecule has 0 unspecified atom stereocenters. The van der Waals surface area contributed by atoms with E-state index in [9.17, 15) is 0 Å². The first kappa shape index (κ1) is 14.0. The summed E-state index contributed by atoms with van der Waals surface area (Å²) in [6.45, 7) is 2.11. The molecule has 1 aliphatic rings. The summed E-state index contributed by atoms with van der Waals surface area (Å²) in [4.78, 5) is 0. The molecule has 1 fully saturated rings. The van der Waals surface area contributed by atoms with Gasteiger partial charge in [0.05, 0.1) is 0 Å². The molecule has 1 N–H and O–H groups in total. The normalized spacial score (nSPS) is 21.4. The number of hydrogen-bond donors (Lipinski definition) is 1. The van der Waals surface area contributed by atoms with E-state index in [-0.39, 0.29) is 0 Å². The van der Waals surface area contributed by atoms with Gasteiger partial charge in [0, 0.05) is 21.2 Å². The van der Waals surface area contributed by atoms with Gasteiger partial charge in [0.2, 0.25) is 0 Å². The predicted molar refractivity (Wildman–Crippen MR) is 89.7 cm³/mol. The molecule has 2 aromatic carbocycles. The van der Waals surface area contributed by atoms with Crippen LogP contribution in [0, 0.1) is 6.92 Å². The highest BCUT2D eigenvalue weighted by Crippen LogP contribution is 2.41. The molecule has 0 aliphatic heterocycles. The first-order chi connectivity index (χ1) is 9.63. The molecular weight excluding hydrogens is 334 g/mol. The zero-order chi connectivity index (χ0) is 14.1. The molecule has 2 aromatic rings. The van der Waals surface area contributed by atoms with Crippen LogP contribution in [-0.4, -0.2) is 6.04 Å². The smallest absolute Gasteiger partial charge is 0.0426 e. The molecule has 20 heavy (non-hydrogen) atoms. The van der Waals surface area contributed by atoms with Crippen molar-refractivity contribution in [1.82, 2.24) is 0 Å². The Hall–Kier alpha value is -0.990. The molecule has 0 bridgehead atoms. The number of hydrogen-bond acceptors (Lipinski definition) is 1. The lowest BCUT2D eigenvalue weighted by Crippen LogP contribution is -2.34. The van der Waals surface area contributed by atoms with E-state index < -0.39 is 0 Å². The monoisotopic (exact) mass is 349 g/mol. The van der Waals surface area contributed by atoms with Crippen LogP contribution in [0.1, 0.15) is 29.9 Å². The second-order valence-corrected chi connectivity index (χ2v) is 6.78. The Morgan fingerprint density at radius 2 is 1.90 bits per heavy atom. The van der Waals surface area contributed by atoms with E-state index in [1.807, 2.05) is 12.1 Å². The van der Waals surface area contributed by atoms with E-state index in [1.54, 1.807) is 0 Å². The molecule has 0 saturated heterocycles. The summed E-state index contributed by atoms with van der Waals surface area (Å²) in [5.74, 6) is 0.655. The van der Waals surface area contributed by atoms with Gasteiger partial charge in [0.1, 0.15) is 0 Å². The van der Waals surface area contributed by atoms with Crippen molar-refractivity contribution in [2.24, 2.45) is 0 Å². The van der Waals surface area contributed by atoms with E-state index in [1.165, 1.54) is 28.4 Å². The van der Waals surface area contributed by atoms with Crippen molar-refractivity contribution in [2.45, 2.75) is 31.7 Å². The molecule has 0 heterocycles.